The topological polar surface area (TPSA) is 12.5 Å². The Hall–Kier alpha value is -0.510. The molecule has 0 amide bonds. The maximum Gasteiger partial charge on any atom is 0.0575 e. The molecule has 2 nitrogen and oxygen atoms in total. The predicted molar refractivity (Wildman–Crippen MR) is 66.2 cm³/mol. The van der Waals surface area contributed by atoms with Crippen LogP contribution in [-0.2, 0) is 11.3 Å². The largest absolute Gasteiger partial charge is 0.302 e. The van der Waals surface area contributed by atoms with Gasteiger partial charge in [0.25, 0.3) is 0 Å². The van der Waals surface area contributed by atoms with Crippen molar-refractivity contribution < 1.29 is 4.84 Å². The molecule has 84 valence electrons. The van der Waals surface area contributed by atoms with Gasteiger partial charge in [-0.2, -0.15) is 5.06 Å². The molecule has 0 aliphatic carbocycles. The van der Waals surface area contributed by atoms with Gasteiger partial charge in [-0.15, -0.1) is 11.8 Å². The third kappa shape index (κ3) is 3.86. The Morgan fingerprint density at radius 2 is 1.93 bits per heavy atom. The number of thioether (sulfide) groups is 1. The van der Waals surface area contributed by atoms with E-state index in [1.54, 1.807) is 18.9 Å². The van der Waals surface area contributed by atoms with E-state index >= 15 is 0 Å². The van der Waals surface area contributed by atoms with Crippen molar-refractivity contribution in [3.63, 3.8) is 0 Å². The molecule has 1 aromatic rings. The Balaban J connectivity index is 2.57. The smallest absolute Gasteiger partial charge is 0.0575 e. The zero-order valence-corrected chi connectivity index (χ0v) is 10.7. The Morgan fingerprint density at radius 1 is 1.33 bits per heavy atom. The molecule has 1 atom stereocenters. The summed E-state index contributed by atoms with van der Waals surface area (Å²) in [7, 11) is 3.66. The van der Waals surface area contributed by atoms with E-state index in [9.17, 15) is 0 Å². The maximum atomic E-state index is 5.16. The summed E-state index contributed by atoms with van der Waals surface area (Å²) in [5.74, 6) is 0. The molecular weight excluding hydrogens is 206 g/mol. The second-order valence-electron chi connectivity index (χ2n) is 3.63. The first-order chi connectivity index (χ1) is 7.17. The van der Waals surface area contributed by atoms with Crippen LogP contribution < -0.4 is 0 Å². The van der Waals surface area contributed by atoms with Gasteiger partial charge >= 0.3 is 0 Å². The van der Waals surface area contributed by atoms with Crippen LogP contribution in [0, 0.1) is 0 Å². The van der Waals surface area contributed by atoms with E-state index in [1.165, 1.54) is 10.5 Å². The molecule has 3 heteroatoms. The lowest BCUT2D eigenvalue weighted by molar-refractivity contribution is -0.135. The summed E-state index contributed by atoms with van der Waals surface area (Å²) in [6.07, 6.45) is 3.11. The highest BCUT2D eigenvalue weighted by atomic mass is 32.2. The summed E-state index contributed by atoms with van der Waals surface area (Å²) in [6.45, 7) is 2.16. The van der Waals surface area contributed by atoms with Gasteiger partial charge in [0.1, 0.15) is 0 Å². The number of rotatable bonds is 5. The van der Waals surface area contributed by atoms with Crippen LogP contribution in [0.15, 0.2) is 29.2 Å². The highest BCUT2D eigenvalue weighted by Gasteiger charge is 2.08. The van der Waals surface area contributed by atoms with Crippen molar-refractivity contribution in [2.75, 3.05) is 20.4 Å². The minimum atomic E-state index is 0.398. The van der Waals surface area contributed by atoms with Crippen molar-refractivity contribution in [2.24, 2.45) is 0 Å². The summed E-state index contributed by atoms with van der Waals surface area (Å²) < 4.78 is 0. The van der Waals surface area contributed by atoms with E-state index in [0.717, 1.165) is 6.42 Å². The van der Waals surface area contributed by atoms with Gasteiger partial charge in [-0.05, 0) is 37.3 Å². The van der Waals surface area contributed by atoms with Gasteiger partial charge in [-0.1, -0.05) is 12.1 Å². The molecular formula is C12H19NOS. The van der Waals surface area contributed by atoms with Crippen molar-refractivity contribution in [3.05, 3.63) is 29.8 Å². The van der Waals surface area contributed by atoms with Crippen molar-refractivity contribution in [1.29, 1.82) is 0 Å². The van der Waals surface area contributed by atoms with E-state index in [-0.39, 0.29) is 0 Å². The van der Waals surface area contributed by atoms with Crippen molar-refractivity contribution in [1.82, 2.24) is 5.06 Å². The fourth-order valence-electron chi connectivity index (χ4n) is 1.41. The van der Waals surface area contributed by atoms with Gasteiger partial charge in [-0.3, -0.25) is 0 Å². The molecule has 1 unspecified atom stereocenters. The standard InChI is InChI=1S/C12H19NOS/c1-10(13(2)14-3)9-11-5-7-12(15-4)8-6-11/h5-8,10H,9H2,1-4H3. The highest BCUT2D eigenvalue weighted by Crippen LogP contribution is 2.16. The van der Waals surface area contributed by atoms with Crippen LogP contribution in [-0.4, -0.2) is 31.5 Å². The average Bonchev–Trinajstić information content (AvgIpc) is 2.29. The first-order valence-electron chi connectivity index (χ1n) is 5.07. The summed E-state index contributed by atoms with van der Waals surface area (Å²) in [6, 6.07) is 9.10. The van der Waals surface area contributed by atoms with Crippen molar-refractivity contribution in [3.8, 4) is 0 Å². The van der Waals surface area contributed by atoms with Crippen LogP contribution >= 0.6 is 11.8 Å². The first-order valence-corrected chi connectivity index (χ1v) is 6.29. The molecule has 0 aliphatic heterocycles. The molecule has 0 saturated carbocycles. The minimum Gasteiger partial charge on any atom is -0.302 e. The van der Waals surface area contributed by atoms with E-state index < -0.39 is 0 Å². The van der Waals surface area contributed by atoms with Crippen LogP contribution in [0.4, 0.5) is 0 Å². The molecule has 1 aromatic carbocycles. The number of nitrogens with zero attached hydrogens (tertiary/aromatic N) is 1. The molecule has 0 saturated heterocycles. The molecule has 1 rings (SSSR count). The Morgan fingerprint density at radius 3 is 2.40 bits per heavy atom. The zero-order valence-electron chi connectivity index (χ0n) is 9.86. The van der Waals surface area contributed by atoms with E-state index in [4.69, 9.17) is 4.84 Å². The molecule has 0 N–H and O–H groups in total. The van der Waals surface area contributed by atoms with E-state index in [1.807, 2.05) is 12.1 Å². The van der Waals surface area contributed by atoms with Gasteiger partial charge in [0, 0.05) is 18.0 Å². The third-order valence-corrected chi connectivity index (χ3v) is 3.34. The SMILES string of the molecule is CON(C)C(C)Cc1ccc(SC)cc1. The fourth-order valence-corrected chi connectivity index (χ4v) is 1.82. The van der Waals surface area contributed by atoms with Gasteiger partial charge < -0.3 is 4.84 Å². The molecule has 0 spiro atoms. The number of hydrogen-bond donors (Lipinski definition) is 0. The minimum absolute atomic E-state index is 0.398. The zero-order chi connectivity index (χ0) is 11.3. The predicted octanol–water partition coefficient (Wildman–Crippen LogP) is 2.83. The number of likely N-dealkylation sites (N-methyl/N-ethyl adjacent to an activating group) is 1. The van der Waals surface area contributed by atoms with Crippen LogP contribution in [0.25, 0.3) is 0 Å². The summed E-state index contributed by atoms with van der Waals surface area (Å²) in [5.41, 5.74) is 1.35. The molecule has 0 heterocycles. The quantitative estimate of drug-likeness (QED) is 0.565. The molecule has 0 aromatic heterocycles. The summed E-state index contributed by atoms with van der Waals surface area (Å²) >= 11 is 1.77. The van der Waals surface area contributed by atoms with Crippen LogP contribution in [0.3, 0.4) is 0 Å². The fraction of sp³-hybridized carbons (Fsp3) is 0.500. The first kappa shape index (κ1) is 12.6. The van der Waals surface area contributed by atoms with E-state index in [2.05, 4.69) is 37.4 Å². The monoisotopic (exact) mass is 225 g/mol. The number of hydroxylamine groups is 2. The van der Waals surface area contributed by atoms with Gasteiger partial charge in [0.05, 0.1) is 7.11 Å². The van der Waals surface area contributed by atoms with Crippen LogP contribution in [0.1, 0.15) is 12.5 Å². The van der Waals surface area contributed by atoms with Crippen molar-refractivity contribution >= 4 is 11.8 Å². The molecule has 0 aliphatic rings. The molecule has 0 radical (unpaired) electrons. The summed E-state index contributed by atoms with van der Waals surface area (Å²) in [5, 5.41) is 1.88. The Bertz CT molecular complexity index is 286. The van der Waals surface area contributed by atoms with Crippen LogP contribution in [0.2, 0.25) is 0 Å². The second-order valence-corrected chi connectivity index (χ2v) is 4.51. The Labute approximate surface area is 96.6 Å². The Kier molecular flexibility index (Phi) is 5.15. The van der Waals surface area contributed by atoms with E-state index in [0.29, 0.717) is 6.04 Å². The van der Waals surface area contributed by atoms with Crippen LogP contribution in [0.5, 0.6) is 0 Å². The molecule has 0 fully saturated rings. The lowest BCUT2D eigenvalue weighted by Crippen LogP contribution is -2.29. The second kappa shape index (κ2) is 6.16. The summed E-state index contributed by atoms with van der Waals surface area (Å²) in [4.78, 5) is 6.47. The normalized spacial score (nSPS) is 13.1. The molecule has 0 bridgehead atoms. The average molecular weight is 225 g/mol. The highest BCUT2D eigenvalue weighted by molar-refractivity contribution is 7.98. The lowest BCUT2D eigenvalue weighted by atomic mass is 10.1. The number of benzene rings is 1. The maximum absolute atomic E-state index is 5.16. The van der Waals surface area contributed by atoms with Gasteiger partial charge in [-0.25, -0.2) is 0 Å². The lowest BCUT2D eigenvalue weighted by Gasteiger charge is -2.21. The van der Waals surface area contributed by atoms with Gasteiger partial charge in [0.15, 0.2) is 0 Å². The van der Waals surface area contributed by atoms with Gasteiger partial charge in [0.2, 0.25) is 0 Å². The molecule has 15 heavy (non-hydrogen) atoms. The third-order valence-electron chi connectivity index (χ3n) is 2.60. The number of hydrogen-bond acceptors (Lipinski definition) is 3. The van der Waals surface area contributed by atoms with Crippen molar-refractivity contribution in [2.45, 2.75) is 24.3 Å².